The maximum absolute atomic E-state index is 11.0. The molecule has 0 radical (unpaired) electrons. The van der Waals surface area contributed by atoms with Gasteiger partial charge < -0.3 is 5.32 Å². The zero-order valence-electron chi connectivity index (χ0n) is 11.4. The van der Waals surface area contributed by atoms with E-state index in [4.69, 9.17) is 0 Å². The van der Waals surface area contributed by atoms with Crippen molar-refractivity contribution in [3.05, 3.63) is 12.2 Å². The Hall–Kier alpha value is -0.790. The second kappa shape index (κ2) is 8.32. The number of nitrogens with one attached hydrogen (secondary N) is 1. The molecule has 0 aromatic carbocycles. The molecule has 1 saturated heterocycles. The van der Waals surface area contributed by atoms with Crippen molar-refractivity contribution >= 4 is 5.91 Å². The quantitative estimate of drug-likeness (QED) is 0.504. The summed E-state index contributed by atoms with van der Waals surface area (Å²) in [7, 11) is 0. The van der Waals surface area contributed by atoms with Crippen LogP contribution >= 0.6 is 0 Å². The predicted octanol–water partition coefficient (Wildman–Crippen LogP) is 3.82. The van der Waals surface area contributed by atoms with Crippen LogP contribution in [-0.2, 0) is 4.79 Å². The van der Waals surface area contributed by atoms with Gasteiger partial charge in [0.25, 0.3) is 0 Å². The fourth-order valence-electron chi connectivity index (χ4n) is 2.32. The van der Waals surface area contributed by atoms with Crippen LogP contribution < -0.4 is 5.32 Å². The lowest BCUT2D eigenvalue weighted by atomic mass is 9.98. The van der Waals surface area contributed by atoms with Crippen molar-refractivity contribution in [2.45, 2.75) is 71.3 Å². The third-order valence-electron chi connectivity index (χ3n) is 3.52. The van der Waals surface area contributed by atoms with Crippen molar-refractivity contribution in [1.82, 2.24) is 5.32 Å². The van der Waals surface area contributed by atoms with Crippen LogP contribution in [0.15, 0.2) is 12.2 Å². The molecule has 2 unspecified atom stereocenters. The van der Waals surface area contributed by atoms with E-state index in [2.05, 4.69) is 31.3 Å². The van der Waals surface area contributed by atoms with Crippen molar-refractivity contribution in [2.75, 3.05) is 0 Å². The van der Waals surface area contributed by atoms with Crippen molar-refractivity contribution in [2.24, 2.45) is 5.92 Å². The first-order valence-corrected chi connectivity index (χ1v) is 7.18. The summed E-state index contributed by atoms with van der Waals surface area (Å²) in [5, 5.41) is 2.96. The largest absolute Gasteiger partial charge is 0.350 e. The van der Waals surface area contributed by atoms with Gasteiger partial charge in [-0.3, -0.25) is 4.79 Å². The van der Waals surface area contributed by atoms with Crippen LogP contribution in [0.5, 0.6) is 0 Å². The highest BCUT2D eigenvalue weighted by atomic mass is 16.1. The van der Waals surface area contributed by atoms with Crippen molar-refractivity contribution in [3.8, 4) is 0 Å². The minimum absolute atomic E-state index is 0.202. The molecule has 1 aliphatic rings. The van der Waals surface area contributed by atoms with Crippen molar-refractivity contribution < 1.29 is 4.79 Å². The molecule has 0 aliphatic carbocycles. The smallest absolute Gasteiger partial charge is 0.220 e. The van der Waals surface area contributed by atoms with Crippen LogP contribution in [0.4, 0.5) is 0 Å². The fourth-order valence-corrected chi connectivity index (χ4v) is 2.32. The van der Waals surface area contributed by atoms with E-state index in [1.165, 1.54) is 32.1 Å². The van der Waals surface area contributed by atoms with Gasteiger partial charge in [-0.25, -0.2) is 0 Å². The summed E-state index contributed by atoms with van der Waals surface area (Å²) in [5.41, 5.74) is 0. The number of amides is 1. The predicted molar refractivity (Wildman–Crippen MR) is 72.8 cm³/mol. The number of hydrogen-bond acceptors (Lipinski definition) is 1. The number of unbranched alkanes of at least 4 members (excludes halogenated alkanes) is 2. The number of carbonyl (C=O) groups is 1. The van der Waals surface area contributed by atoms with E-state index in [9.17, 15) is 4.79 Å². The molecule has 0 spiro atoms. The molecule has 0 aromatic rings. The second-order valence-corrected chi connectivity index (χ2v) is 5.32. The molecule has 1 amide bonds. The van der Waals surface area contributed by atoms with Gasteiger partial charge in [0.15, 0.2) is 0 Å². The molecular formula is C15H27NO. The molecule has 0 bridgehead atoms. The first-order chi connectivity index (χ1) is 8.22. The van der Waals surface area contributed by atoms with Gasteiger partial charge >= 0.3 is 0 Å². The monoisotopic (exact) mass is 237 g/mol. The molecule has 98 valence electrons. The van der Waals surface area contributed by atoms with Crippen LogP contribution in [0.1, 0.15) is 65.2 Å². The Morgan fingerprint density at radius 2 is 2.18 bits per heavy atom. The third-order valence-corrected chi connectivity index (χ3v) is 3.52. The number of carbonyl (C=O) groups excluding carboxylic acids is 1. The SMILES string of the molecule is CCCCC(C)CCC/C=C/C1CCC(=O)N1. The molecule has 17 heavy (non-hydrogen) atoms. The molecule has 2 nitrogen and oxygen atoms in total. The first kappa shape index (κ1) is 14.3. The van der Waals surface area contributed by atoms with Crippen molar-refractivity contribution in [1.29, 1.82) is 0 Å². The van der Waals surface area contributed by atoms with Gasteiger partial charge in [-0.05, 0) is 25.2 Å². The molecule has 1 rings (SSSR count). The highest BCUT2D eigenvalue weighted by Crippen LogP contribution is 2.15. The first-order valence-electron chi connectivity index (χ1n) is 7.18. The topological polar surface area (TPSA) is 29.1 Å². The van der Waals surface area contributed by atoms with Gasteiger partial charge in [-0.1, -0.05) is 51.7 Å². The maximum atomic E-state index is 11.0. The summed E-state index contributed by atoms with van der Waals surface area (Å²) in [6.45, 7) is 4.61. The number of rotatable bonds is 8. The molecule has 0 aromatic heterocycles. The summed E-state index contributed by atoms with van der Waals surface area (Å²) in [5.74, 6) is 1.07. The molecule has 1 N–H and O–H groups in total. The summed E-state index contributed by atoms with van der Waals surface area (Å²) in [6, 6.07) is 0.306. The van der Waals surface area contributed by atoms with E-state index >= 15 is 0 Å². The van der Waals surface area contributed by atoms with E-state index in [0.717, 1.165) is 18.8 Å². The summed E-state index contributed by atoms with van der Waals surface area (Å²) >= 11 is 0. The lowest BCUT2D eigenvalue weighted by Crippen LogP contribution is -2.22. The van der Waals surface area contributed by atoms with E-state index in [0.29, 0.717) is 12.5 Å². The Labute approximate surface area is 106 Å². The van der Waals surface area contributed by atoms with Crippen molar-refractivity contribution in [3.63, 3.8) is 0 Å². The summed E-state index contributed by atoms with van der Waals surface area (Å²) < 4.78 is 0. The number of allylic oxidation sites excluding steroid dienone is 1. The van der Waals surface area contributed by atoms with E-state index < -0.39 is 0 Å². The third kappa shape index (κ3) is 6.50. The lowest BCUT2D eigenvalue weighted by Gasteiger charge is -2.09. The molecule has 1 heterocycles. The minimum atomic E-state index is 0.202. The van der Waals surface area contributed by atoms with Gasteiger partial charge in [0.2, 0.25) is 5.91 Å². The average molecular weight is 237 g/mol. The Kier molecular flexibility index (Phi) is 6.99. The van der Waals surface area contributed by atoms with E-state index in [1.807, 2.05) is 0 Å². The van der Waals surface area contributed by atoms with Crippen LogP contribution in [0.25, 0.3) is 0 Å². The highest BCUT2D eigenvalue weighted by molar-refractivity contribution is 5.78. The minimum Gasteiger partial charge on any atom is -0.350 e. The molecule has 0 saturated carbocycles. The average Bonchev–Trinajstić information content (AvgIpc) is 2.72. The molecule has 2 heteroatoms. The van der Waals surface area contributed by atoms with Gasteiger partial charge in [0.1, 0.15) is 0 Å². The van der Waals surface area contributed by atoms with Gasteiger partial charge in [-0.15, -0.1) is 0 Å². The molecular weight excluding hydrogens is 210 g/mol. The zero-order valence-corrected chi connectivity index (χ0v) is 11.4. The van der Waals surface area contributed by atoms with Crippen LogP contribution in [0.2, 0.25) is 0 Å². The van der Waals surface area contributed by atoms with Gasteiger partial charge in [0.05, 0.1) is 0 Å². The Morgan fingerprint density at radius 3 is 2.82 bits per heavy atom. The zero-order chi connectivity index (χ0) is 12.5. The Morgan fingerprint density at radius 1 is 1.41 bits per heavy atom. The molecule has 1 aliphatic heterocycles. The van der Waals surface area contributed by atoms with E-state index in [-0.39, 0.29) is 5.91 Å². The lowest BCUT2D eigenvalue weighted by molar-refractivity contribution is -0.119. The van der Waals surface area contributed by atoms with Crippen LogP contribution in [0.3, 0.4) is 0 Å². The second-order valence-electron chi connectivity index (χ2n) is 5.32. The van der Waals surface area contributed by atoms with Gasteiger partial charge in [-0.2, -0.15) is 0 Å². The Bertz CT molecular complexity index is 247. The van der Waals surface area contributed by atoms with Crippen LogP contribution in [0, 0.1) is 5.92 Å². The highest BCUT2D eigenvalue weighted by Gasteiger charge is 2.17. The summed E-state index contributed by atoms with van der Waals surface area (Å²) in [4.78, 5) is 11.0. The maximum Gasteiger partial charge on any atom is 0.220 e. The fraction of sp³-hybridized carbons (Fsp3) is 0.800. The van der Waals surface area contributed by atoms with Crippen LogP contribution in [-0.4, -0.2) is 11.9 Å². The molecule has 2 atom stereocenters. The standard InChI is InChI=1S/C15H27NO/c1-3-4-8-13(2)9-6-5-7-10-14-11-12-15(17)16-14/h7,10,13-14H,3-6,8-9,11-12H2,1-2H3,(H,16,17)/b10-7+. The normalized spacial score (nSPS) is 22.0. The number of hydrogen-bond donors (Lipinski definition) is 1. The summed E-state index contributed by atoms with van der Waals surface area (Å²) in [6.07, 6.45) is 13.9. The Balaban J connectivity index is 1.99. The van der Waals surface area contributed by atoms with Gasteiger partial charge in [0, 0.05) is 12.5 Å². The van der Waals surface area contributed by atoms with E-state index in [1.54, 1.807) is 0 Å². The molecule has 1 fully saturated rings.